The maximum Gasteiger partial charge on any atom is 0.396 e. The highest BCUT2D eigenvalue weighted by molar-refractivity contribution is 6.32. The lowest BCUT2D eigenvalue weighted by atomic mass is 9.97. The Bertz CT molecular complexity index is 240. The molecule has 1 saturated carbocycles. The van der Waals surface area contributed by atoms with E-state index >= 15 is 0 Å². The van der Waals surface area contributed by atoms with Gasteiger partial charge in [0.15, 0.2) is 0 Å². The Labute approximate surface area is 90.4 Å². The Balaban J connectivity index is 2.47. The van der Waals surface area contributed by atoms with E-state index in [-0.39, 0.29) is 6.04 Å². The van der Waals surface area contributed by atoms with Crippen molar-refractivity contribution in [3.05, 3.63) is 0 Å². The summed E-state index contributed by atoms with van der Waals surface area (Å²) >= 11 is 0. The predicted molar refractivity (Wildman–Crippen MR) is 56.2 cm³/mol. The van der Waals surface area contributed by atoms with Crippen LogP contribution in [0.4, 0.5) is 0 Å². The minimum atomic E-state index is -0.800. The molecule has 4 heteroatoms. The molecule has 0 spiro atoms. The van der Waals surface area contributed by atoms with Gasteiger partial charge in [-0.15, -0.1) is 0 Å². The summed E-state index contributed by atoms with van der Waals surface area (Å²) in [5.74, 6) is -0.969. The SMILES string of the molecule is COC(=O)C(=O)NC1CCCCCC1C. The Morgan fingerprint density at radius 1 is 1.20 bits per heavy atom. The van der Waals surface area contributed by atoms with E-state index in [0.717, 1.165) is 19.3 Å². The van der Waals surface area contributed by atoms with Crippen LogP contribution in [0.3, 0.4) is 0 Å². The summed E-state index contributed by atoms with van der Waals surface area (Å²) in [5.41, 5.74) is 0. The molecule has 0 heterocycles. The summed E-state index contributed by atoms with van der Waals surface area (Å²) < 4.78 is 4.37. The zero-order valence-corrected chi connectivity index (χ0v) is 9.41. The molecule has 0 aliphatic heterocycles. The number of carbonyl (C=O) groups excluding carboxylic acids is 2. The largest absolute Gasteiger partial charge is 0.462 e. The molecule has 0 aromatic rings. The monoisotopic (exact) mass is 213 g/mol. The molecule has 2 atom stereocenters. The zero-order valence-electron chi connectivity index (χ0n) is 9.41. The van der Waals surface area contributed by atoms with Gasteiger partial charge in [0.2, 0.25) is 0 Å². The molecule has 15 heavy (non-hydrogen) atoms. The Morgan fingerprint density at radius 3 is 2.53 bits per heavy atom. The molecule has 0 radical (unpaired) electrons. The molecule has 1 fully saturated rings. The third-order valence-electron chi connectivity index (χ3n) is 3.05. The lowest BCUT2D eigenvalue weighted by molar-refractivity contribution is -0.153. The first-order valence-electron chi connectivity index (χ1n) is 5.54. The first kappa shape index (κ1) is 12.0. The second-order valence-electron chi connectivity index (χ2n) is 4.19. The van der Waals surface area contributed by atoms with Gasteiger partial charge in [-0.1, -0.05) is 26.2 Å². The third kappa shape index (κ3) is 3.53. The number of nitrogens with one attached hydrogen (secondary N) is 1. The second-order valence-corrected chi connectivity index (χ2v) is 4.19. The normalized spacial score (nSPS) is 26.5. The molecule has 1 amide bonds. The molecule has 4 nitrogen and oxygen atoms in total. The van der Waals surface area contributed by atoms with E-state index in [1.807, 2.05) is 0 Å². The third-order valence-corrected chi connectivity index (χ3v) is 3.05. The highest BCUT2D eigenvalue weighted by Crippen LogP contribution is 2.22. The molecular formula is C11H19NO3. The second kappa shape index (κ2) is 5.73. The van der Waals surface area contributed by atoms with E-state index in [1.54, 1.807) is 0 Å². The van der Waals surface area contributed by atoms with Crippen molar-refractivity contribution in [1.82, 2.24) is 5.32 Å². The van der Waals surface area contributed by atoms with Crippen LogP contribution < -0.4 is 5.32 Å². The Hall–Kier alpha value is -1.06. The minimum absolute atomic E-state index is 0.124. The van der Waals surface area contributed by atoms with E-state index in [1.165, 1.54) is 20.0 Å². The summed E-state index contributed by atoms with van der Waals surface area (Å²) in [7, 11) is 1.22. The number of ether oxygens (including phenoxy) is 1. The number of rotatable bonds is 1. The molecule has 2 unspecified atom stereocenters. The van der Waals surface area contributed by atoms with Crippen molar-refractivity contribution in [2.24, 2.45) is 5.92 Å². The summed E-state index contributed by atoms with van der Waals surface area (Å²) in [6.07, 6.45) is 5.63. The van der Waals surface area contributed by atoms with Gasteiger partial charge in [-0.3, -0.25) is 4.79 Å². The Kier molecular flexibility index (Phi) is 4.59. The maximum atomic E-state index is 11.3. The molecule has 1 rings (SSSR count). The summed E-state index contributed by atoms with van der Waals surface area (Å²) in [4.78, 5) is 22.3. The lowest BCUT2D eigenvalue weighted by Gasteiger charge is -2.21. The maximum absolute atomic E-state index is 11.3. The van der Waals surface area contributed by atoms with Crippen LogP contribution >= 0.6 is 0 Å². The van der Waals surface area contributed by atoms with Gasteiger partial charge < -0.3 is 10.1 Å². The predicted octanol–water partition coefficient (Wildman–Crippen LogP) is 1.24. The number of hydrogen-bond acceptors (Lipinski definition) is 3. The topological polar surface area (TPSA) is 55.4 Å². The highest BCUT2D eigenvalue weighted by Gasteiger charge is 2.24. The fraction of sp³-hybridized carbons (Fsp3) is 0.818. The molecular weight excluding hydrogens is 194 g/mol. The van der Waals surface area contributed by atoms with Crippen LogP contribution in [0, 0.1) is 5.92 Å². The van der Waals surface area contributed by atoms with E-state index in [0.29, 0.717) is 5.92 Å². The van der Waals surface area contributed by atoms with Crippen LogP contribution in [-0.2, 0) is 14.3 Å². The molecule has 1 N–H and O–H groups in total. The molecule has 0 bridgehead atoms. The van der Waals surface area contributed by atoms with Crippen LogP contribution in [0.15, 0.2) is 0 Å². The van der Waals surface area contributed by atoms with Crippen molar-refractivity contribution in [2.75, 3.05) is 7.11 Å². The van der Waals surface area contributed by atoms with Crippen LogP contribution in [0.25, 0.3) is 0 Å². The van der Waals surface area contributed by atoms with Gasteiger partial charge in [0.25, 0.3) is 0 Å². The first-order chi connectivity index (χ1) is 7.15. The first-order valence-corrected chi connectivity index (χ1v) is 5.54. The van der Waals surface area contributed by atoms with E-state index < -0.39 is 11.9 Å². The number of methoxy groups -OCH3 is 1. The molecule has 0 aromatic heterocycles. The molecule has 0 saturated heterocycles. The van der Waals surface area contributed by atoms with Crippen LogP contribution in [0.1, 0.15) is 39.0 Å². The van der Waals surface area contributed by atoms with Gasteiger partial charge in [0.1, 0.15) is 0 Å². The van der Waals surface area contributed by atoms with Crippen molar-refractivity contribution in [2.45, 2.75) is 45.1 Å². The zero-order chi connectivity index (χ0) is 11.3. The summed E-state index contributed by atoms with van der Waals surface area (Å²) in [5, 5.41) is 2.75. The van der Waals surface area contributed by atoms with Crippen LogP contribution in [0.5, 0.6) is 0 Å². The quantitative estimate of drug-likeness (QED) is 0.405. The fourth-order valence-corrected chi connectivity index (χ4v) is 2.03. The standard InChI is InChI=1S/C11H19NO3/c1-8-6-4-3-5-7-9(8)12-10(13)11(14)15-2/h8-9H,3-7H2,1-2H3,(H,12,13). The van der Waals surface area contributed by atoms with Crippen molar-refractivity contribution >= 4 is 11.9 Å². The van der Waals surface area contributed by atoms with Gasteiger partial charge in [-0.25, -0.2) is 4.79 Å². The van der Waals surface area contributed by atoms with Crippen LogP contribution in [-0.4, -0.2) is 25.0 Å². The van der Waals surface area contributed by atoms with Gasteiger partial charge in [-0.05, 0) is 18.8 Å². The number of esters is 1. The number of carbonyl (C=O) groups is 2. The van der Waals surface area contributed by atoms with Crippen LogP contribution in [0.2, 0.25) is 0 Å². The molecule has 1 aliphatic carbocycles. The molecule has 86 valence electrons. The van der Waals surface area contributed by atoms with Gasteiger partial charge in [0, 0.05) is 6.04 Å². The fourth-order valence-electron chi connectivity index (χ4n) is 2.03. The number of hydrogen-bond donors (Lipinski definition) is 1. The summed E-state index contributed by atoms with van der Waals surface area (Å²) in [6.45, 7) is 2.12. The van der Waals surface area contributed by atoms with Gasteiger partial charge >= 0.3 is 11.9 Å². The highest BCUT2D eigenvalue weighted by atomic mass is 16.5. The van der Waals surface area contributed by atoms with Gasteiger partial charge in [0.05, 0.1) is 7.11 Å². The molecule has 1 aliphatic rings. The summed E-state index contributed by atoms with van der Waals surface area (Å²) in [6, 6.07) is 0.124. The average Bonchev–Trinajstić information content (AvgIpc) is 2.43. The average molecular weight is 213 g/mol. The van der Waals surface area contributed by atoms with Crippen molar-refractivity contribution < 1.29 is 14.3 Å². The van der Waals surface area contributed by atoms with Crippen molar-refractivity contribution in [3.63, 3.8) is 0 Å². The van der Waals surface area contributed by atoms with E-state index in [2.05, 4.69) is 17.0 Å². The van der Waals surface area contributed by atoms with E-state index in [9.17, 15) is 9.59 Å². The van der Waals surface area contributed by atoms with E-state index in [4.69, 9.17) is 0 Å². The number of amides is 1. The Morgan fingerprint density at radius 2 is 1.87 bits per heavy atom. The van der Waals surface area contributed by atoms with Crippen molar-refractivity contribution in [3.8, 4) is 0 Å². The molecule has 0 aromatic carbocycles. The lowest BCUT2D eigenvalue weighted by Crippen LogP contribution is -2.42. The smallest absolute Gasteiger partial charge is 0.396 e. The van der Waals surface area contributed by atoms with Crippen molar-refractivity contribution in [1.29, 1.82) is 0 Å². The van der Waals surface area contributed by atoms with Gasteiger partial charge in [-0.2, -0.15) is 0 Å². The minimum Gasteiger partial charge on any atom is -0.462 e.